The molecule has 0 N–H and O–H groups in total. The number of hydrogen-bond donors (Lipinski definition) is 0. The first-order valence-corrected chi connectivity index (χ1v) is 13.7. The Morgan fingerprint density at radius 2 is 1.86 bits per heavy atom. The number of rotatable bonds is 9. The summed E-state index contributed by atoms with van der Waals surface area (Å²) in [7, 11) is 0. The molecule has 0 radical (unpaired) electrons. The van der Waals surface area contributed by atoms with Gasteiger partial charge in [-0.1, -0.05) is 49.7 Å². The van der Waals surface area contributed by atoms with Crippen molar-refractivity contribution in [3.8, 4) is 0 Å². The van der Waals surface area contributed by atoms with E-state index in [-0.39, 0.29) is 29.7 Å². The maximum absolute atomic E-state index is 13.7. The monoisotopic (exact) mass is 503 g/mol. The Bertz CT molecular complexity index is 1130. The van der Waals surface area contributed by atoms with Crippen molar-refractivity contribution in [1.82, 2.24) is 9.80 Å². The number of unbranched alkanes of at least 4 members (excludes halogenated alkanes) is 1. The van der Waals surface area contributed by atoms with Crippen LogP contribution in [0.3, 0.4) is 0 Å². The van der Waals surface area contributed by atoms with Gasteiger partial charge in [0.25, 0.3) is 11.8 Å². The zero-order valence-electron chi connectivity index (χ0n) is 21.7. The molecule has 2 aromatic rings. The first-order valence-electron chi connectivity index (χ1n) is 13.7. The summed E-state index contributed by atoms with van der Waals surface area (Å²) in [5.41, 5.74) is 2.84. The van der Waals surface area contributed by atoms with Crippen LogP contribution < -0.4 is 4.90 Å². The Hall–Kier alpha value is -3.19. The van der Waals surface area contributed by atoms with E-state index in [2.05, 4.69) is 24.0 Å². The molecule has 0 spiro atoms. The smallest absolute Gasteiger partial charge is 0.263 e. The number of carbonyl (C=O) groups excluding carboxylic acids is 3. The van der Waals surface area contributed by atoms with Gasteiger partial charge < -0.3 is 14.5 Å². The van der Waals surface area contributed by atoms with Gasteiger partial charge in [-0.3, -0.25) is 19.3 Å². The number of nitrogens with zero attached hydrogens (tertiary/aromatic N) is 3. The van der Waals surface area contributed by atoms with Crippen LogP contribution in [0.5, 0.6) is 0 Å². The number of benzene rings is 2. The minimum absolute atomic E-state index is 0.0821. The molecule has 2 atom stereocenters. The highest BCUT2D eigenvalue weighted by molar-refractivity contribution is 6.23. The average Bonchev–Trinajstić information content (AvgIpc) is 3.54. The predicted octanol–water partition coefficient (Wildman–Crippen LogP) is 4.51. The van der Waals surface area contributed by atoms with Gasteiger partial charge in [0.15, 0.2) is 0 Å². The molecule has 7 heteroatoms. The topological polar surface area (TPSA) is 70.2 Å². The summed E-state index contributed by atoms with van der Waals surface area (Å²) >= 11 is 0. The van der Waals surface area contributed by atoms with Crippen molar-refractivity contribution < 1.29 is 19.1 Å². The summed E-state index contributed by atoms with van der Waals surface area (Å²) in [5.74, 6) is -0.443. The van der Waals surface area contributed by atoms with Crippen molar-refractivity contribution in [2.24, 2.45) is 5.92 Å². The summed E-state index contributed by atoms with van der Waals surface area (Å²) in [6.45, 7) is 5.81. The van der Waals surface area contributed by atoms with Crippen LogP contribution in [-0.2, 0) is 16.1 Å². The molecule has 5 rings (SSSR count). The van der Waals surface area contributed by atoms with E-state index in [1.807, 2.05) is 35.2 Å². The molecular weight excluding hydrogens is 466 g/mol. The van der Waals surface area contributed by atoms with E-state index in [1.54, 1.807) is 6.07 Å². The summed E-state index contributed by atoms with van der Waals surface area (Å²) in [6, 6.07) is 15.7. The van der Waals surface area contributed by atoms with E-state index in [9.17, 15) is 14.4 Å². The Morgan fingerprint density at radius 3 is 2.62 bits per heavy atom. The fourth-order valence-corrected chi connectivity index (χ4v) is 5.81. The maximum atomic E-state index is 13.7. The minimum atomic E-state index is -0.242. The molecule has 2 aromatic carbocycles. The van der Waals surface area contributed by atoms with Crippen LogP contribution in [-0.4, -0.2) is 66.4 Å². The summed E-state index contributed by atoms with van der Waals surface area (Å²) < 4.78 is 5.69. The lowest BCUT2D eigenvalue weighted by Crippen LogP contribution is -2.45. The molecule has 0 bridgehead atoms. The van der Waals surface area contributed by atoms with Gasteiger partial charge in [-0.05, 0) is 49.8 Å². The van der Waals surface area contributed by atoms with Crippen molar-refractivity contribution in [3.05, 3.63) is 65.2 Å². The quantitative estimate of drug-likeness (QED) is 0.471. The molecule has 196 valence electrons. The van der Waals surface area contributed by atoms with E-state index in [1.165, 1.54) is 4.90 Å². The number of anilines is 1. The third-order valence-corrected chi connectivity index (χ3v) is 7.81. The largest absolute Gasteiger partial charge is 0.376 e. The van der Waals surface area contributed by atoms with Gasteiger partial charge in [0.2, 0.25) is 5.91 Å². The summed E-state index contributed by atoms with van der Waals surface area (Å²) in [5, 5.41) is 0. The van der Waals surface area contributed by atoms with E-state index < -0.39 is 0 Å². The standard InChI is InChI=1S/C30H37N3O4/c1-2-3-16-32(19-22-10-5-4-6-11-22)28(34)23-12-8-17-31(20-23)26-15-7-14-25-27(26)30(36)33(29(25)35)21-24-13-9-18-37-24/h4-7,10-11,14-15,23-24H,2-3,8-9,12-13,16-21H2,1H3/t23-,24+/m0/s1. The predicted molar refractivity (Wildman–Crippen MR) is 142 cm³/mol. The molecular formula is C30H37N3O4. The van der Waals surface area contributed by atoms with Crippen molar-refractivity contribution in [2.75, 3.05) is 37.7 Å². The first kappa shape index (κ1) is 25.5. The summed E-state index contributed by atoms with van der Waals surface area (Å²) in [6.07, 6.45) is 5.45. The number of imide groups is 1. The molecule has 37 heavy (non-hydrogen) atoms. The Kier molecular flexibility index (Phi) is 7.89. The molecule has 2 saturated heterocycles. The minimum Gasteiger partial charge on any atom is -0.376 e. The van der Waals surface area contributed by atoms with E-state index in [4.69, 9.17) is 4.74 Å². The molecule has 7 nitrogen and oxygen atoms in total. The molecule has 2 fully saturated rings. The van der Waals surface area contributed by atoms with Crippen LogP contribution in [0, 0.1) is 5.92 Å². The van der Waals surface area contributed by atoms with Gasteiger partial charge >= 0.3 is 0 Å². The Balaban J connectivity index is 1.33. The molecule has 3 amide bonds. The number of carbonyl (C=O) groups is 3. The van der Waals surface area contributed by atoms with Gasteiger partial charge in [0.05, 0.1) is 35.4 Å². The fraction of sp³-hybridized carbons (Fsp3) is 0.500. The fourth-order valence-electron chi connectivity index (χ4n) is 5.81. The molecule has 3 aliphatic rings. The zero-order chi connectivity index (χ0) is 25.8. The normalized spacial score (nSPS) is 21.4. The van der Waals surface area contributed by atoms with Crippen molar-refractivity contribution in [2.45, 2.75) is 58.1 Å². The first-order chi connectivity index (χ1) is 18.1. The van der Waals surface area contributed by atoms with E-state index in [0.717, 1.165) is 62.9 Å². The Labute approximate surface area is 219 Å². The molecule has 0 unspecified atom stereocenters. The number of ether oxygens (including phenoxy) is 1. The van der Waals surface area contributed by atoms with Crippen LogP contribution in [0.1, 0.15) is 71.7 Å². The van der Waals surface area contributed by atoms with Gasteiger partial charge in [-0.15, -0.1) is 0 Å². The van der Waals surface area contributed by atoms with Crippen molar-refractivity contribution in [1.29, 1.82) is 0 Å². The molecule has 0 saturated carbocycles. The van der Waals surface area contributed by atoms with Gasteiger partial charge in [-0.2, -0.15) is 0 Å². The second kappa shape index (κ2) is 11.5. The third-order valence-electron chi connectivity index (χ3n) is 7.81. The second-order valence-corrected chi connectivity index (χ2v) is 10.4. The van der Waals surface area contributed by atoms with Crippen LogP contribution in [0.2, 0.25) is 0 Å². The lowest BCUT2D eigenvalue weighted by atomic mass is 9.94. The van der Waals surface area contributed by atoms with Crippen molar-refractivity contribution >= 4 is 23.4 Å². The lowest BCUT2D eigenvalue weighted by molar-refractivity contribution is -0.136. The Morgan fingerprint density at radius 1 is 1.03 bits per heavy atom. The molecule has 0 aromatic heterocycles. The lowest BCUT2D eigenvalue weighted by Gasteiger charge is -2.37. The highest BCUT2D eigenvalue weighted by Gasteiger charge is 2.41. The van der Waals surface area contributed by atoms with Crippen LogP contribution in [0.15, 0.2) is 48.5 Å². The van der Waals surface area contributed by atoms with E-state index >= 15 is 0 Å². The average molecular weight is 504 g/mol. The van der Waals surface area contributed by atoms with Gasteiger partial charge in [0, 0.05) is 32.8 Å². The highest BCUT2D eigenvalue weighted by Crippen LogP contribution is 2.35. The SMILES string of the molecule is CCCCN(Cc1ccccc1)C(=O)[C@H]1CCCN(c2cccc3c2C(=O)N(C[C@H]2CCCO2)C3=O)C1. The zero-order valence-corrected chi connectivity index (χ0v) is 21.7. The molecule has 3 heterocycles. The van der Waals surface area contributed by atoms with Crippen LogP contribution in [0.4, 0.5) is 5.69 Å². The van der Waals surface area contributed by atoms with Gasteiger partial charge in [-0.25, -0.2) is 0 Å². The van der Waals surface area contributed by atoms with Crippen LogP contribution in [0.25, 0.3) is 0 Å². The number of piperidine rings is 1. The molecule has 3 aliphatic heterocycles. The number of fused-ring (bicyclic) bond motifs is 1. The van der Waals surface area contributed by atoms with Crippen molar-refractivity contribution in [3.63, 3.8) is 0 Å². The maximum Gasteiger partial charge on any atom is 0.263 e. The molecule has 0 aliphatic carbocycles. The number of hydrogen-bond acceptors (Lipinski definition) is 5. The van der Waals surface area contributed by atoms with E-state index in [0.29, 0.717) is 37.4 Å². The third kappa shape index (κ3) is 5.42. The van der Waals surface area contributed by atoms with Gasteiger partial charge in [0.1, 0.15) is 0 Å². The summed E-state index contributed by atoms with van der Waals surface area (Å²) in [4.78, 5) is 45.8. The number of amides is 3. The second-order valence-electron chi connectivity index (χ2n) is 10.4. The van der Waals surface area contributed by atoms with Crippen LogP contribution >= 0.6 is 0 Å². The highest BCUT2D eigenvalue weighted by atomic mass is 16.5.